The van der Waals surface area contributed by atoms with Gasteiger partial charge in [-0.3, -0.25) is 4.79 Å². The zero-order chi connectivity index (χ0) is 14.5. The molecule has 2 atom stereocenters. The van der Waals surface area contributed by atoms with Gasteiger partial charge < -0.3 is 9.84 Å². The van der Waals surface area contributed by atoms with Gasteiger partial charge >= 0.3 is 5.97 Å². The van der Waals surface area contributed by atoms with Crippen LogP contribution in [0, 0.1) is 11.7 Å². The lowest BCUT2D eigenvalue weighted by Crippen LogP contribution is -2.38. The van der Waals surface area contributed by atoms with Gasteiger partial charge in [-0.15, -0.1) is 0 Å². The third-order valence-electron chi connectivity index (χ3n) is 3.26. The second-order valence-corrected chi connectivity index (χ2v) is 4.75. The van der Waals surface area contributed by atoms with E-state index in [0.717, 1.165) is 6.42 Å². The predicted octanol–water partition coefficient (Wildman–Crippen LogP) is 3.01. The zero-order valence-electron chi connectivity index (χ0n) is 11.6. The number of carbonyl (C=O) groups excluding carboxylic acids is 1. The Bertz CT molecular complexity index is 412. The van der Waals surface area contributed by atoms with Gasteiger partial charge in [-0.25, -0.2) is 4.39 Å². The van der Waals surface area contributed by atoms with Gasteiger partial charge in [0.1, 0.15) is 11.4 Å². The molecule has 0 spiro atoms. The molecule has 3 nitrogen and oxygen atoms in total. The van der Waals surface area contributed by atoms with Crippen molar-refractivity contribution in [2.75, 3.05) is 6.61 Å². The Morgan fingerprint density at radius 1 is 1.37 bits per heavy atom. The normalized spacial score (nSPS) is 15.6. The highest BCUT2D eigenvalue weighted by Crippen LogP contribution is 2.33. The van der Waals surface area contributed by atoms with Crippen molar-refractivity contribution in [2.24, 2.45) is 5.92 Å². The molecule has 0 aliphatic carbocycles. The maximum atomic E-state index is 12.9. The third kappa shape index (κ3) is 3.77. The fraction of sp³-hybridized carbons (Fsp3) is 0.533. The van der Waals surface area contributed by atoms with E-state index in [1.807, 2.05) is 6.92 Å². The van der Waals surface area contributed by atoms with Crippen molar-refractivity contribution in [3.8, 4) is 0 Å². The Morgan fingerprint density at radius 2 is 1.95 bits per heavy atom. The molecule has 0 aliphatic rings. The number of hydrogen-bond donors (Lipinski definition) is 1. The quantitative estimate of drug-likeness (QED) is 0.807. The Balaban J connectivity index is 3.04. The fourth-order valence-electron chi connectivity index (χ4n) is 2.15. The largest absolute Gasteiger partial charge is 0.466 e. The number of halogens is 1. The topological polar surface area (TPSA) is 46.5 Å². The highest BCUT2D eigenvalue weighted by Gasteiger charge is 2.39. The molecule has 0 saturated heterocycles. The molecule has 0 aliphatic heterocycles. The van der Waals surface area contributed by atoms with Crippen LogP contribution >= 0.6 is 0 Å². The van der Waals surface area contributed by atoms with Crippen molar-refractivity contribution in [2.45, 2.75) is 39.2 Å². The lowest BCUT2D eigenvalue weighted by atomic mass is 9.80. The van der Waals surface area contributed by atoms with E-state index < -0.39 is 17.5 Å². The number of rotatable bonds is 6. The van der Waals surface area contributed by atoms with Crippen LogP contribution in [0.5, 0.6) is 0 Å². The molecular formula is C15H21FO3. The van der Waals surface area contributed by atoms with Crippen molar-refractivity contribution in [1.29, 1.82) is 0 Å². The second-order valence-electron chi connectivity index (χ2n) is 4.75. The second kappa shape index (κ2) is 6.66. The summed E-state index contributed by atoms with van der Waals surface area (Å²) < 4.78 is 17.9. The number of hydrogen-bond acceptors (Lipinski definition) is 3. The molecule has 0 saturated carbocycles. The van der Waals surface area contributed by atoms with Gasteiger partial charge in [-0.1, -0.05) is 25.5 Å². The van der Waals surface area contributed by atoms with Crippen LogP contribution < -0.4 is 0 Å². The van der Waals surface area contributed by atoms with Gasteiger partial charge in [0, 0.05) is 0 Å². The molecule has 4 heteroatoms. The predicted molar refractivity (Wildman–Crippen MR) is 71.0 cm³/mol. The van der Waals surface area contributed by atoms with Crippen LogP contribution in [-0.2, 0) is 15.1 Å². The van der Waals surface area contributed by atoms with Crippen molar-refractivity contribution < 1.29 is 19.0 Å². The average molecular weight is 268 g/mol. The molecule has 0 bridgehead atoms. The zero-order valence-corrected chi connectivity index (χ0v) is 11.6. The lowest BCUT2D eigenvalue weighted by Gasteiger charge is -2.31. The summed E-state index contributed by atoms with van der Waals surface area (Å²) in [6.45, 7) is 5.51. The lowest BCUT2D eigenvalue weighted by molar-refractivity contribution is -0.158. The van der Waals surface area contributed by atoms with E-state index in [-0.39, 0.29) is 12.4 Å². The summed E-state index contributed by atoms with van der Waals surface area (Å²) in [6, 6.07) is 5.55. The molecule has 1 aromatic carbocycles. The first kappa shape index (κ1) is 15.6. The molecule has 0 heterocycles. The molecule has 0 amide bonds. The van der Waals surface area contributed by atoms with Crippen LogP contribution in [-0.4, -0.2) is 17.7 Å². The molecule has 0 radical (unpaired) electrons. The smallest absolute Gasteiger partial charge is 0.312 e. The van der Waals surface area contributed by atoms with Crippen molar-refractivity contribution in [1.82, 2.24) is 0 Å². The van der Waals surface area contributed by atoms with E-state index >= 15 is 0 Å². The highest BCUT2D eigenvalue weighted by molar-refractivity contribution is 5.74. The van der Waals surface area contributed by atoms with Crippen LogP contribution in [0.15, 0.2) is 24.3 Å². The minimum absolute atomic E-state index is 0.276. The first-order chi connectivity index (χ1) is 8.93. The van der Waals surface area contributed by atoms with Crippen LogP contribution in [0.25, 0.3) is 0 Å². The first-order valence-electron chi connectivity index (χ1n) is 6.58. The molecule has 0 aromatic heterocycles. The number of ether oxygens (including phenoxy) is 1. The molecule has 1 aromatic rings. The first-order valence-corrected chi connectivity index (χ1v) is 6.58. The molecule has 19 heavy (non-hydrogen) atoms. The average Bonchev–Trinajstić information content (AvgIpc) is 2.36. The van der Waals surface area contributed by atoms with E-state index in [9.17, 15) is 14.3 Å². The van der Waals surface area contributed by atoms with Crippen molar-refractivity contribution >= 4 is 5.97 Å². The summed E-state index contributed by atoms with van der Waals surface area (Å²) in [5.41, 5.74) is -0.851. The summed E-state index contributed by atoms with van der Waals surface area (Å²) in [6.07, 6.45) is 1.27. The minimum Gasteiger partial charge on any atom is -0.466 e. The number of carbonyl (C=O) groups is 1. The maximum Gasteiger partial charge on any atom is 0.312 e. The van der Waals surface area contributed by atoms with E-state index in [1.165, 1.54) is 24.3 Å². The van der Waals surface area contributed by atoms with Crippen LogP contribution in [0.2, 0.25) is 0 Å². The summed E-state index contributed by atoms with van der Waals surface area (Å²) in [5, 5.41) is 10.6. The van der Waals surface area contributed by atoms with Gasteiger partial charge in [0.2, 0.25) is 0 Å². The summed E-state index contributed by atoms with van der Waals surface area (Å²) in [7, 11) is 0. The van der Waals surface area contributed by atoms with Crippen LogP contribution in [0.4, 0.5) is 4.39 Å². The number of esters is 1. The van der Waals surface area contributed by atoms with E-state index in [0.29, 0.717) is 12.0 Å². The van der Waals surface area contributed by atoms with Gasteiger partial charge in [0.25, 0.3) is 0 Å². The number of benzene rings is 1. The van der Waals surface area contributed by atoms with Gasteiger partial charge in [-0.05, 0) is 38.0 Å². The molecule has 2 unspecified atom stereocenters. The monoisotopic (exact) mass is 268 g/mol. The SMILES string of the molecule is CCCC(C(=O)OCC)C(C)(O)c1ccc(F)cc1. The van der Waals surface area contributed by atoms with Crippen LogP contribution in [0.1, 0.15) is 39.2 Å². The van der Waals surface area contributed by atoms with Crippen LogP contribution in [0.3, 0.4) is 0 Å². The standard InChI is InChI=1S/C15H21FO3/c1-4-6-13(14(17)19-5-2)15(3,18)11-7-9-12(16)10-8-11/h7-10,13,18H,4-6H2,1-3H3. The Kier molecular flexibility index (Phi) is 5.48. The summed E-state index contributed by atoms with van der Waals surface area (Å²) in [5.74, 6) is -1.44. The maximum absolute atomic E-state index is 12.9. The molecule has 1 rings (SSSR count). The molecule has 106 valence electrons. The van der Waals surface area contributed by atoms with Crippen molar-refractivity contribution in [3.05, 3.63) is 35.6 Å². The van der Waals surface area contributed by atoms with E-state index in [4.69, 9.17) is 4.74 Å². The Hall–Kier alpha value is -1.42. The fourth-order valence-corrected chi connectivity index (χ4v) is 2.15. The Labute approximate surface area is 113 Å². The third-order valence-corrected chi connectivity index (χ3v) is 3.26. The van der Waals surface area contributed by atoms with Gasteiger partial charge in [0.05, 0.1) is 12.5 Å². The molecule has 1 N–H and O–H groups in total. The van der Waals surface area contributed by atoms with Gasteiger partial charge in [-0.2, -0.15) is 0 Å². The van der Waals surface area contributed by atoms with E-state index in [2.05, 4.69) is 0 Å². The molecule has 0 fully saturated rings. The highest BCUT2D eigenvalue weighted by atomic mass is 19.1. The summed E-state index contributed by atoms with van der Waals surface area (Å²) in [4.78, 5) is 12.0. The molecular weight excluding hydrogens is 247 g/mol. The van der Waals surface area contributed by atoms with Crippen molar-refractivity contribution in [3.63, 3.8) is 0 Å². The van der Waals surface area contributed by atoms with E-state index in [1.54, 1.807) is 13.8 Å². The Morgan fingerprint density at radius 3 is 2.42 bits per heavy atom. The van der Waals surface area contributed by atoms with Gasteiger partial charge in [0.15, 0.2) is 0 Å². The number of aliphatic hydroxyl groups is 1. The minimum atomic E-state index is -1.37. The summed E-state index contributed by atoms with van der Waals surface area (Å²) >= 11 is 0.